The van der Waals surface area contributed by atoms with E-state index in [2.05, 4.69) is 4.74 Å². The van der Waals surface area contributed by atoms with Gasteiger partial charge in [-0.25, -0.2) is 0 Å². The van der Waals surface area contributed by atoms with Crippen molar-refractivity contribution in [2.24, 2.45) is 0 Å². The minimum atomic E-state index is -1.64. The van der Waals surface area contributed by atoms with Crippen molar-refractivity contribution in [1.82, 2.24) is 0 Å². The predicted molar refractivity (Wildman–Crippen MR) is 26.3 cm³/mol. The molecule has 0 fully saturated rings. The topological polar surface area (TPSA) is 76.7 Å². The first kappa shape index (κ1) is 7.90. The molecule has 0 amide bonds. The molecule has 0 spiro atoms. The first-order chi connectivity index (χ1) is 4.31. The molecule has 0 saturated carbocycles. The molecule has 1 atom stereocenters. The maximum atomic E-state index is 10.1. The zero-order valence-corrected chi connectivity index (χ0v) is 4.70. The van der Waals surface area contributed by atoms with E-state index in [0.717, 1.165) is 0 Å². The summed E-state index contributed by atoms with van der Waals surface area (Å²) in [6.45, 7) is 0.0399. The molecule has 0 rings (SSSR count). The molecule has 0 heterocycles. The summed E-state index contributed by atoms with van der Waals surface area (Å²) in [5.41, 5.74) is 0. The number of hydrogen-bond acceptors (Lipinski definition) is 3. The lowest BCUT2D eigenvalue weighted by Crippen LogP contribution is -2.07. The molecule has 4 heteroatoms. The van der Waals surface area contributed by atoms with Crippen molar-refractivity contribution in [3.63, 3.8) is 0 Å². The summed E-state index contributed by atoms with van der Waals surface area (Å²) in [5, 5.41) is 25.9. The van der Waals surface area contributed by atoms with Crippen LogP contribution < -0.4 is 0 Å². The Balaban J connectivity index is 3.12. The van der Waals surface area contributed by atoms with E-state index in [9.17, 15) is 5.11 Å². The minimum absolute atomic E-state index is 0.0399. The highest BCUT2D eigenvalue weighted by molar-refractivity contribution is 4.74. The van der Waals surface area contributed by atoms with Crippen LogP contribution in [0.25, 0.3) is 0 Å². The number of ether oxygens (including phenoxy) is 1. The van der Waals surface area contributed by atoms with E-state index < -0.39 is 6.29 Å². The Hall–Kier alpha value is -1.10. The Labute approximate surface area is 52.9 Å². The van der Waals surface area contributed by atoms with E-state index in [4.69, 9.17) is 10.5 Å². The first-order valence-corrected chi connectivity index (χ1v) is 2.35. The summed E-state index contributed by atoms with van der Waals surface area (Å²) in [5.74, 6) is 0. The second-order valence-electron chi connectivity index (χ2n) is 1.24. The van der Waals surface area contributed by atoms with Gasteiger partial charge in [-0.2, -0.15) is 15.6 Å². The number of rotatable bonds is 3. The predicted octanol–water partition coefficient (Wildman–Crippen LogP) is 0.197. The van der Waals surface area contributed by atoms with Gasteiger partial charge in [0.25, 0.3) is 6.29 Å². The van der Waals surface area contributed by atoms with Crippen LogP contribution in [-0.2, 0) is 9.84 Å². The molecule has 0 aliphatic heterocycles. The smallest absolute Gasteiger partial charge is 0.279 e. The molecule has 9 heavy (non-hydrogen) atoms. The van der Waals surface area contributed by atoms with Gasteiger partial charge in [0.2, 0.25) is 0 Å². The van der Waals surface area contributed by atoms with E-state index in [-0.39, 0.29) is 13.0 Å². The molecule has 0 aromatic rings. The first-order valence-electron chi connectivity index (χ1n) is 2.35. The molecule has 0 aliphatic carbocycles. The van der Waals surface area contributed by atoms with Gasteiger partial charge in [0, 0.05) is 0 Å². The average Bonchev–Trinajstić information content (AvgIpc) is 1.89. The van der Waals surface area contributed by atoms with Crippen LogP contribution in [0.2, 0.25) is 0 Å². The third-order valence-electron chi connectivity index (χ3n) is 0.589. The van der Waals surface area contributed by atoms with Crippen LogP contribution in [-0.4, -0.2) is 12.9 Å². The molecular formula is C5H5N2O2. The van der Waals surface area contributed by atoms with Gasteiger partial charge < -0.3 is 4.74 Å². The number of nitrogens with zero attached hydrogens (tertiary/aromatic N) is 2. The summed E-state index contributed by atoms with van der Waals surface area (Å²) >= 11 is 0. The number of hydrogen-bond donors (Lipinski definition) is 0. The Morgan fingerprint density at radius 1 is 1.56 bits per heavy atom. The second-order valence-corrected chi connectivity index (χ2v) is 1.24. The van der Waals surface area contributed by atoms with Crippen molar-refractivity contribution in [3.8, 4) is 12.1 Å². The normalized spacial score (nSPS) is 11.4. The van der Waals surface area contributed by atoms with E-state index in [1.807, 2.05) is 0 Å². The summed E-state index contributed by atoms with van der Waals surface area (Å²) in [6, 6.07) is 3.11. The molecule has 1 unspecified atom stereocenters. The third kappa shape index (κ3) is 4.76. The lowest BCUT2D eigenvalue weighted by molar-refractivity contribution is -0.0985. The van der Waals surface area contributed by atoms with Crippen LogP contribution in [0.5, 0.6) is 0 Å². The molecule has 4 nitrogen and oxygen atoms in total. The van der Waals surface area contributed by atoms with E-state index in [1.54, 1.807) is 6.07 Å². The quantitative estimate of drug-likeness (QED) is 0.399. The van der Waals surface area contributed by atoms with E-state index in [1.165, 1.54) is 6.07 Å². The van der Waals surface area contributed by atoms with Crippen molar-refractivity contribution >= 4 is 0 Å². The molecule has 0 N–H and O–H groups in total. The molecule has 0 aliphatic rings. The van der Waals surface area contributed by atoms with Gasteiger partial charge in [-0.1, -0.05) is 0 Å². The van der Waals surface area contributed by atoms with Crippen LogP contribution in [0, 0.1) is 22.7 Å². The van der Waals surface area contributed by atoms with Crippen molar-refractivity contribution in [1.29, 1.82) is 10.5 Å². The standard InChI is InChI=1S/C5H5N2O2/c6-2-1-3-9-5(8)4-7/h5H,1,3H2. The molecule has 47 valence electrons. The summed E-state index contributed by atoms with van der Waals surface area (Å²) in [6.07, 6.45) is -1.49. The fraction of sp³-hybridized carbons (Fsp3) is 0.600. The average molecular weight is 125 g/mol. The third-order valence-corrected chi connectivity index (χ3v) is 0.589. The molecule has 1 radical (unpaired) electrons. The van der Waals surface area contributed by atoms with Crippen molar-refractivity contribution in [2.45, 2.75) is 12.7 Å². The van der Waals surface area contributed by atoms with Gasteiger partial charge in [-0.15, -0.1) is 0 Å². The van der Waals surface area contributed by atoms with Gasteiger partial charge in [-0.05, 0) is 0 Å². The minimum Gasteiger partial charge on any atom is -0.338 e. The molecular weight excluding hydrogens is 120 g/mol. The van der Waals surface area contributed by atoms with Gasteiger partial charge in [-0.3, -0.25) is 0 Å². The molecule has 0 aromatic heterocycles. The highest BCUT2D eigenvalue weighted by Crippen LogP contribution is 1.86. The van der Waals surface area contributed by atoms with E-state index in [0.29, 0.717) is 0 Å². The largest absolute Gasteiger partial charge is 0.338 e. The maximum Gasteiger partial charge on any atom is 0.279 e. The summed E-state index contributed by atoms with van der Waals surface area (Å²) in [7, 11) is 0. The van der Waals surface area contributed by atoms with Crippen LogP contribution in [0.3, 0.4) is 0 Å². The van der Waals surface area contributed by atoms with Crippen molar-refractivity contribution in [2.75, 3.05) is 6.61 Å². The summed E-state index contributed by atoms with van der Waals surface area (Å²) < 4.78 is 4.29. The van der Waals surface area contributed by atoms with E-state index >= 15 is 0 Å². The Kier molecular flexibility index (Phi) is 4.43. The highest BCUT2D eigenvalue weighted by Gasteiger charge is 2.00. The zero-order valence-electron chi connectivity index (χ0n) is 4.70. The Bertz CT molecular complexity index is 144. The highest BCUT2D eigenvalue weighted by atomic mass is 16.6. The molecule has 0 aromatic carbocycles. The van der Waals surface area contributed by atoms with Crippen LogP contribution >= 0.6 is 0 Å². The van der Waals surface area contributed by atoms with Crippen LogP contribution in [0.15, 0.2) is 0 Å². The van der Waals surface area contributed by atoms with Crippen LogP contribution in [0.1, 0.15) is 6.42 Å². The van der Waals surface area contributed by atoms with Gasteiger partial charge >= 0.3 is 0 Å². The lowest BCUT2D eigenvalue weighted by Gasteiger charge is -1.96. The lowest BCUT2D eigenvalue weighted by atomic mass is 10.5. The summed E-state index contributed by atoms with van der Waals surface area (Å²) in [4.78, 5) is 0. The van der Waals surface area contributed by atoms with Gasteiger partial charge in [0.1, 0.15) is 6.07 Å². The fourth-order valence-electron chi connectivity index (χ4n) is 0.249. The van der Waals surface area contributed by atoms with Gasteiger partial charge in [0.15, 0.2) is 0 Å². The molecule has 0 saturated heterocycles. The van der Waals surface area contributed by atoms with Crippen molar-refractivity contribution in [3.05, 3.63) is 0 Å². The fourth-order valence-corrected chi connectivity index (χ4v) is 0.249. The Morgan fingerprint density at radius 3 is 2.67 bits per heavy atom. The Morgan fingerprint density at radius 2 is 2.22 bits per heavy atom. The molecule has 0 bridgehead atoms. The number of nitriles is 2. The van der Waals surface area contributed by atoms with Crippen molar-refractivity contribution < 1.29 is 9.84 Å². The second kappa shape index (κ2) is 5.04. The monoisotopic (exact) mass is 125 g/mol. The van der Waals surface area contributed by atoms with Gasteiger partial charge in [0.05, 0.1) is 19.1 Å². The SMILES string of the molecule is N#CCCOC([O])C#N. The zero-order chi connectivity index (χ0) is 7.11. The maximum absolute atomic E-state index is 10.1. The van der Waals surface area contributed by atoms with Crippen LogP contribution in [0.4, 0.5) is 0 Å².